The Morgan fingerprint density at radius 1 is 1.38 bits per heavy atom. The second-order valence-electron chi connectivity index (χ2n) is 3.80. The van der Waals surface area contributed by atoms with Crippen LogP contribution in [0, 0.1) is 0 Å². The molecule has 2 heterocycles. The van der Waals surface area contributed by atoms with Crippen LogP contribution in [-0.4, -0.2) is 11.6 Å². The Morgan fingerprint density at radius 2 is 2.23 bits per heavy atom. The van der Waals surface area contributed by atoms with E-state index in [9.17, 15) is 0 Å². The highest BCUT2D eigenvalue weighted by Gasteiger charge is 2.11. The van der Waals surface area contributed by atoms with E-state index in [1.807, 2.05) is 0 Å². The van der Waals surface area contributed by atoms with E-state index >= 15 is 0 Å². The van der Waals surface area contributed by atoms with Gasteiger partial charge in [0, 0.05) is 17.8 Å². The van der Waals surface area contributed by atoms with Crippen molar-refractivity contribution >= 4 is 0 Å². The summed E-state index contributed by atoms with van der Waals surface area (Å²) in [5, 5.41) is 0. The highest BCUT2D eigenvalue weighted by atomic mass is 16.5. The number of aromatic nitrogens is 1. The summed E-state index contributed by atoms with van der Waals surface area (Å²) in [4.78, 5) is 4.63. The van der Waals surface area contributed by atoms with E-state index in [1.54, 1.807) is 0 Å². The molecule has 2 rings (SSSR count). The number of pyridine rings is 1. The van der Waals surface area contributed by atoms with Crippen molar-refractivity contribution in [2.24, 2.45) is 0 Å². The van der Waals surface area contributed by atoms with Crippen molar-refractivity contribution < 1.29 is 4.74 Å². The van der Waals surface area contributed by atoms with Gasteiger partial charge in [-0.25, -0.2) is 0 Å². The van der Waals surface area contributed by atoms with Crippen LogP contribution in [0.4, 0.5) is 0 Å². The molecule has 0 aliphatic carbocycles. The number of hydrogen-bond acceptors (Lipinski definition) is 2. The number of rotatable bonds is 1. The number of fused-ring (bicyclic) bond motifs is 1. The first-order valence-corrected chi connectivity index (χ1v) is 4.84. The summed E-state index contributed by atoms with van der Waals surface area (Å²) in [7, 11) is 0. The summed E-state index contributed by atoms with van der Waals surface area (Å²) < 4.78 is 5.36. The van der Waals surface area contributed by atoms with Gasteiger partial charge in [0.2, 0.25) is 0 Å². The number of nitrogens with zero attached hydrogens (tertiary/aromatic N) is 1. The quantitative estimate of drug-likeness (QED) is 0.656. The average Bonchev–Trinajstić information content (AvgIpc) is 2.17. The van der Waals surface area contributed by atoms with Crippen molar-refractivity contribution in [1.29, 1.82) is 0 Å². The lowest BCUT2D eigenvalue weighted by Gasteiger charge is -2.17. The largest absolute Gasteiger partial charge is 0.376 e. The Kier molecular flexibility index (Phi) is 2.32. The van der Waals surface area contributed by atoms with Crippen LogP contribution in [0.2, 0.25) is 0 Å². The van der Waals surface area contributed by atoms with Crippen LogP contribution < -0.4 is 0 Å². The maximum Gasteiger partial charge on any atom is 0.0734 e. The Balaban J connectivity index is 2.35. The molecule has 0 unspecified atom stereocenters. The molecule has 0 saturated heterocycles. The maximum absolute atomic E-state index is 5.36. The molecule has 0 atom stereocenters. The molecule has 13 heavy (non-hydrogen) atoms. The molecular formula is C11H15NO. The van der Waals surface area contributed by atoms with E-state index in [1.165, 1.54) is 17.0 Å². The second-order valence-corrected chi connectivity index (χ2v) is 3.80. The van der Waals surface area contributed by atoms with Crippen LogP contribution in [-0.2, 0) is 17.8 Å². The van der Waals surface area contributed by atoms with Gasteiger partial charge >= 0.3 is 0 Å². The Hall–Kier alpha value is -0.890. The SMILES string of the molecule is CC(C)c1ccc2c(n1)CCOC2. The summed E-state index contributed by atoms with van der Waals surface area (Å²) in [6.07, 6.45) is 0.968. The van der Waals surface area contributed by atoms with Crippen molar-refractivity contribution in [3.63, 3.8) is 0 Å². The lowest BCUT2D eigenvalue weighted by atomic mass is 10.0. The highest BCUT2D eigenvalue weighted by molar-refractivity contribution is 5.25. The van der Waals surface area contributed by atoms with Gasteiger partial charge in [-0.1, -0.05) is 19.9 Å². The standard InChI is InChI=1S/C11H15NO/c1-8(2)10-4-3-9-7-13-6-5-11(9)12-10/h3-4,8H,5-7H2,1-2H3. The minimum atomic E-state index is 0.521. The summed E-state index contributed by atoms with van der Waals surface area (Å²) in [5.74, 6) is 0.521. The molecule has 0 bridgehead atoms. The Morgan fingerprint density at radius 3 is 3.00 bits per heavy atom. The third-order valence-corrected chi connectivity index (χ3v) is 2.42. The Labute approximate surface area is 78.9 Å². The van der Waals surface area contributed by atoms with Crippen LogP contribution in [0.25, 0.3) is 0 Å². The molecular weight excluding hydrogens is 162 g/mol. The fraction of sp³-hybridized carbons (Fsp3) is 0.545. The molecule has 0 spiro atoms. The van der Waals surface area contributed by atoms with Gasteiger partial charge in [-0.05, 0) is 17.5 Å². The lowest BCUT2D eigenvalue weighted by molar-refractivity contribution is 0.109. The highest BCUT2D eigenvalue weighted by Crippen LogP contribution is 2.18. The monoisotopic (exact) mass is 177 g/mol. The van der Waals surface area contributed by atoms with Crippen LogP contribution in [0.15, 0.2) is 12.1 Å². The third-order valence-electron chi connectivity index (χ3n) is 2.42. The van der Waals surface area contributed by atoms with Gasteiger partial charge in [-0.2, -0.15) is 0 Å². The van der Waals surface area contributed by atoms with Gasteiger partial charge in [0.1, 0.15) is 0 Å². The zero-order chi connectivity index (χ0) is 9.26. The van der Waals surface area contributed by atoms with E-state index in [0.717, 1.165) is 19.6 Å². The molecule has 1 aliphatic rings. The van der Waals surface area contributed by atoms with Gasteiger partial charge < -0.3 is 4.74 Å². The summed E-state index contributed by atoms with van der Waals surface area (Å²) in [6, 6.07) is 4.26. The van der Waals surface area contributed by atoms with Crippen molar-refractivity contribution in [1.82, 2.24) is 4.98 Å². The van der Waals surface area contributed by atoms with Crippen molar-refractivity contribution in [2.75, 3.05) is 6.61 Å². The van der Waals surface area contributed by atoms with Crippen LogP contribution in [0.5, 0.6) is 0 Å². The summed E-state index contributed by atoms with van der Waals surface area (Å²) in [6.45, 7) is 5.91. The van der Waals surface area contributed by atoms with E-state index in [0.29, 0.717) is 5.92 Å². The fourth-order valence-corrected chi connectivity index (χ4v) is 1.57. The fourth-order valence-electron chi connectivity index (χ4n) is 1.57. The molecule has 70 valence electrons. The minimum absolute atomic E-state index is 0.521. The first-order chi connectivity index (χ1) is 6.27. The molecule has 1 aliphatic heterocycles. The van der Waals surface area contributed by atoms with Crippen molar-refractivity contribution in [2.45, 2.75) is 32.8 Å². The summed E-state index contributed by atoms with van der Waals surface area (Å²) >= 11 is 0. The van der Waals surface area contributed by atoms with Crippen molar-refractivity contribution in [3.8, 4) is 0 Å². The van der Waals surface area contributed by atoms with Gasteiger partial charge in [-0.3, -0.25) is 4.98 Å². The topological polar surface area (TPSA) is 22.1 Å². The predicted molar refractivity (Wildman–Crippen MR) is 51.7 cm³/mol. The summed E-state index contributed by atoms with van der Waals surface area (Å²) in [5.41, 5.74) is 3.69. The molecule has 0 aromatic carbocycles. The molecule has 1 aromatic rings. The minimum Gasteiger partial charge on any atom is -0.376 e. The maximum atomic E-state index is 5.36. The van der Waals surface area contributed by atoms with Crippen LogP contribution >= 0.6 is 0 Å². The lowest BCUT2D eigenvalue weighted by Crippen LogP contribution is -2.12. The van der Waals surface area contributed by atoms with Crippen LogP contribution in [0.3, 0.4) is 0 Å². The zero-order valence-electron chi connectivity index (χ0n) is 8.21. The molecule has 0 radical (unpaired) electrons. The molecule has 0 fully saturated rings. The van der Waals surface area contributed by atoms with E-state index in [-0.39, 0.29) is 0 Å². The smallest absolute Gasteiger partial charge is 0.0734 e. The first-order valence-electron chi connectivity index (χ1n) is 4.84. The molecule has 0 N–H and O–H groups in total. The van der Waals surface area contributed by atoms with Crippen LogP contribution in [0.1, 0.15) is 36.7 Å². The normalized spacial score (nSPS) is 15.9. The average molecular weight is 177 g/mol. The van der Waals surface area contributed by atoms with Crippen molar-refractivity contribution in [3.05, 3.63) is 29.1 Å². The predicted octanol–water partition coefficient (Wildman–Crippen LogP) is 2.28. The van der Waals surface area contributed by atoms with E-state index in [2.05, 4.69) is 31.0 Å². The van der Waals surface area contributed by atoms with Gasteiger partial charge in [0.15, 0.2) is 0 Å². The van der Waals surface area contributed by atoms with Gasteiger partial charge in [0.05, 0.1) is 13.2 Å². The number of hydrogen-bond donors (Lipinski definition) is 0. The van der Waals surface area contributed by atoms with E-state index < -0.39 is 0 Å². The third kappa shape index (κ3) is 1.73. The molecule has 2 heteroatoms. The number of ether oxygens (including phenoxy) is 1. The molecule has 1 aromatic heterocycles. The first kappa shape index (κ1) is 8.70. The Bertz CT molecular complexity index is 307. The second kappa shape index (κ2) is 3.46. The molecule has 0 saturated carbocycles. The van der Waals surface area contributed by atoms with Gasteiger partial charge in [0.25, 0.3) is 0 Å². The molecule has 0 amide bonds. The van der Waals surface area contributed by atoms with Gasteiger partial charge in [-0.15, -0.1) is 0 Å². The zero-order valence-corrected chi connectivity index (χ0v) is 8.21. The van der Waals surface area contributed by atoms with E-state index in [4.69, 9.17) is 4.74 Å². The molecule has 2 nitrogen and oxygen atoms in total.